The van der Waals surface area contributed by atoms with Crippen molar-refractivity contribution < 1.29 is 58.5 Å². The number of nitrogens with zero attached hydrogens (tertiary/aromatic N) is 6. The van der Waals surface area contributed by atoms with Crippen LogP contribution in [0.25, 0.3) is 27.0 Å². The van der Waals surface area contributed by atoms with Gasteiger partial charge in [0.15, 0.2) is 0 Å². The minimum Gasteiger partial charge on any atom is -0.857 e. The number of aldehydes is 1. The summed E-state index contributed by atoms with van der Waals surface area (Å²) in [6.07, 6.45) is 2.35. The predicted molar refractivity (Wildman–Crippen MR) is 144 cm³/mol. The van der Waals surface area contributed by atoms with Gasteiger partial charge in [-0.15, -0.1) is 0 Å². The van der Waals surface area contributed by atoms with Crippen molar-refractivity contribution in [2.75, 3.05) is 27.9 Å². The zero-order valence-corrected chi connectivity index (χ0v) is 26.9. The molecule has 0 spiro atoms. The summed E-state index contributed by atoms with van der Waals surface area (Å²) in [4.78, 5) is 36.7. The van der Waals surface area contributed by atoms with Crippen molar-refractivity contribution in [2.45, 2.75) is 13.8 Å². The van der Waals surface area contributed by atoms with Crippen molar-refractivity contribution in [3.8, 4) is 0 Å². The molecule has 2 rings (SSSR count). The van der Waals surface area contributed by atoms with Gasteiger partial charge in [0.05, 0.1) is 14.2 Å². The number of rotatable bonds is 6. The molecule has 0 amide bonds. The van der Waals surface area contributed by atoms with E-state index >= 15 is 0 Å². The minimum absolute atomic E-state index is 0. The molecule has 198 valence electrons. The molecule has 0 atom stereocenters. The maximum absolute atomic E-state index is 11.3. The SMILES string of the molecule is COC(=O)/C(=C\c1cccc(Br)c1C)N=[N+]=[N-].COC(=O)CN=[N+]=[N-].C[O-].Cc1c(Br)cccc1C=O.[Na+]. The van der Waals surface area contributed by atoms with Crippen molar-refractivity contribution in [1.29, 1.82) is 0 Å². The van der Waals surface area contributed by atoms with Crippen LogP contribution in [0.5, 0.6) is 0 Å². The van der Waals surface area contributed by atoms with E-state index in [1.165, 1.54) is 20.3 Å². The van der Waals surface area contributed by atoms with Crippen molar-refractivity contribution >= 4 is 56.2 Å². The molecule has 0 fully saturated rings. The monoisotopic (exact) mass is 662 g/mol. The quantitative estimate of drug-likeness (QED) is 0.0867. The van der Waals surface area contributed by atoms with Crippen LogP contribution >= 0.6 is 31.9 Å². The van der Waals surface area contributed by atoms with Gasteiger partial charge in [0.1, 0.15) is 18.5 Å². The number of halogens is 2. The summed E-state index contributed by atoms with van der Waals surface area (Å²) >= 11 is 6.71. The average Bonchev–Trinajstić information content (AvgIpc) is 2.92. The van der Waals surface area contributed by atoms with Crippen LogP contribution in [0.4, 0.5) is 0 Å². The fraction of sp³-hybridized carbons (Fsp3) is 0.261. The molecule has 0 bridgehead atoms. The second kappa shape index (κ2) is 24.7. The molecule has 0 N–H and O–H groups in total. The fourth-order valence-corrected chi connectivity index (χ4v) is 2.88. The number of hydrogen-bond donors (Lipinski definition) is 0. The van der Waals surface area contributed by atoms with E-state index in [1.807, 2.05) is 44.2 Å². The summed E-state index contributed by atoms with van der Waals surface area (Å²) in [5, 5.41) is 14.5. The number of methoxy groups -OCH3 is 2. The van der Waals surface area contributed by atoms with Gasteiger partial charge in [0.25, 0.3) is 0 Å². The molecular formula is C23H25Br2N6NaO6. The first-order chi connectivity index (χ1) is 17.7. The van der Waals surface area contributed by atoms with Crippen molar-refractivity contribution in [2.24, 2.45) is 10.2 Å². The molecule has 15 heteroatoms. The zero-order valence-electron chi connectivity index (χ0n) is 21.7. The van der Waals surface area contributed by atoms with Crippen LogP contribution in [0.15, 0.2) is 61.3 Å². The molecule has 0 saturated carbocycles. The van der Waals surface area contributed by atoms with Gasteiger partial charge < -0.3 is 14.6 Å². The predicted octanol–water partition coefficient (Wildman–Crippen LogP) is 2.60. The van der Waals surface area contributed by atoms with Gasteiger partial charge in [-0.1, -0.05) is 66.4 Å². The van der Waals surface area contributed by atoms with E-state index in [1.54, 1.807) is 6.07 Å². The maximum atomic E-state index is 11.3. The zero-order chi connectivity index (χ0) is 28.8. The number of carbonyl (C=O) groups is 3. The standard InChI is InChI=1S/C11H10BrN3O2.C8H7BrO.C3H5N3O2.CH3O.Na/c1-7-8(4-3-5-9(7)12)6-10(14-15-13)11(16)17-2;1-6-7(5-10)3-2-4-8(6)9;1-8-3(7)2-5-6-4;1-2;/h3-6H,1-2H3;2-5H,1H3;2H2,1H3;1H3;/q;;;-1;+1/b10-6+;;;;. The molecular weight excluding hydrogens is 639 g/mol. The number of benzene rings is 2. The summed E-state index contributed by atoms with van der Waals surface area (Å²) in [7, 11) is 3.21. The van der Waals surface area contributed by atoms with E-state index < -0.39 is 11.9 Å². The van der Waals surface area contributed by atoms with Gasteiger partial charge in [-0.3, -0.25) is 9.59 Å². The van der Waals surface area contributed by atoms with Gasteiger partial charge in [-0.2, -0.15) is 7.11 Å². The minimum atomic E-state index is -0.665. The van der Waals surface area contributed by atoms with Crippen molar-refractivity contribution in [3.63, 3.8) is 0 Å². The largest absolute Gasteiger partial charge is 1.00 e. The summed E-state index contributed by atoms with van der Waals surface area (Å²) in [6.45, 7) is 3.57. The first-order valence-corrected chi connectivity index (χ1v) is 11.5. The van der Waals surface area contributed by atoms with E-state index in [-0.39, 0.29) is 41.8 Å². The Bertz CT molecular complexity index is 1180. The molecule has 2 aromatic carbocycles. The van der Waals surface area contributed by atoms with Crippen molar-refractivity contribution in [3.05, 3.63) is 94.2 Å². The van der Waals surface area contributed by atoms with Crippen molar-refractivity contribution in [1.82, 2.24) is 0 Å². The Labute approximate surface area is 259 Å². The van der Waals surface area contributed by atoms with Crippen LogP contribution < -0.4 is 34.7 Å². The summed E-state index contributed by atoms with van der Waals surface area (Å²) < 4.78 is 10.6. The van der Waals surface area contributed by atoms with Crippen LogP contribution in [0.1, 0.15) is 27.0 Å². The number of carbonyl (C=O) groups excluding carboxylic acids is 3. The molecule has 0 saturated heterocycles. The van der Waals surface area contributed by atoms with Gasteiger partial charge >= 0.3 is 41.5 Å². The smallest absolute Gasteiger partial charge is 0.857 e. The summed E-state index contributed by atoms with van der Waals surface area (Å²) in [6, 6.07) is 11.1. The number of azide groups is 2. The van der Waals surface area contributed by atoms with Crippen LogP contribution in [0, 0.1) is 13.8 Å². The molecule has 0 radical (unpaired) electrons. The van der Waals surface area contributed by atoms with Gasteiger partial charge in [-0.25, -0.2) is 4.79 Å². The van der Waals surface area contributed by atoms with E-state index in [2.05, 4.69) is 61.4 Å². The number of ether oxygens (including phenoxy) is 2. The first-order valence-electron chi connectivity index (χ1n) is 9.95. The fourth-order valence-electron chi connectivity index (χ4n) is 2.11. The maximum Gasteiger partial charge on any atom is 1.00 e. The van der Waals surface area contributed by atoms with E-state index in [0.717, 1.165) is 44.6 Å². The molecule has 2 aromatic rings. The normalized spacial score (nSPS) is 8.89. The topological polar surface area (TPSA) is 190 Å². The molecule has 38 heavy (non-hydrogen) atoms. The Morgan fingerprint density at radius 1 is 0.947 bits per heavy atom. The third-order valence-electron chi connectivity index (χ3n) is 4.08. The molecule has 0 heterocycles. The Hall–Kier alpha value is -2.67. The molecule has 0 aliphatic heterocycles. The third kappa shape index (κ3) is 16.2. The molecule has 0 aromatic heterocycles. The van der Waals surface area contributed by atoms with Gasteiger partial charge in [0.2, 0.25) is 0 Å². The number of hydrogen-bond acceptors (Lipinski definition) is 8. The van der Waals surface area contributed by atoms with Crippen LogP contribution in [0.2, 0.25) is 0 Å². The van der Waals surface area contributed by atoms with Crippen LogP contribution in [0.3, 0.4) is 0 Å². The second-order valence-corrected chi connectivity index (χ2v) is 7.91. The second-order valence-electron chi connectivity index (χ2n) is 6.20. The Morgan fingerprint density at radius 3 is 1.84 bits per heavy atom. The summed E-state index contributed by atoms with van der Waals surface area (Å²) in [5.41, 5.74) is 19.4. The Kier molecular flexibility index (Phi) is 25.8. The first kappa shape index (κ1) is 39.8. The third-order valence-corrected chi connectivity index (χ3v) is 5.79. The Balaban J connectivity index is -0.000000500. The van der Waals surface area contributed by atoms with Gasteiger partial charge in [0, 0.05) is 24.3 Å². The summed E-state index contributed by atoms with van der Waals surface area (Å²) in [5.74, 6) is -1.19. The van der Waals surface area contributed by atoms with E-state index in [4.69, 9.17) is 16.2 Å². The molecule has 0 aliphatic carbocycles. The van der Waals surface area contributed by atoms with Gasteiger partial charge in [-0.05, 0) is 59.8 Å². The number of esters is 2. The average molecular weight is 664 g/mol. The molecule has 0 aliphatic rings. The van der Waals surface area contributed by atoms with E-state index in [9.17, 15) is 14.4 Å². The molecule has 12 nitrogen and oxygen atoms in total. The van der Waals surface area contributed by atoms with Crippen LogP contribution in [-0.2, 0) is 19.1 Å². The molecule has 0 unspecified atom stereocenters. The van der Waals surface area contributed by atoms with Crippen LogP contribution in [-0.4, -0.2) is 46.1 Å². The van der Waals surface area contributed by atoms with E-state index in [0.29, 0.717) is 0 Å². The Morgan fingerprint density at radius 2 is 1.45 bits per heavy atom.